The molecule has 0 radical (unpaired) electrons. The Kier molecular flexibility index (Phi) is 4.27. The van der Waals surface area contributed by atoms with Gasteiger partial charge in [-0.15, -0.1) is 0 Å². The average Bonchev–Trinajstić information content (AvgIpc) is 2.75. The molecule has 96 valence electrons. The molecule has 0 aliphatic heterocycles. The topological polar surface area (TPSA) is 90.9 Å². The van der Waals surface area contributed by atoms with Gasteiger partial charge < -0.3 is 15.4 Å². The van der Waals surface area contributed by atoms with E-state index in [0.717, 1.165) is 15.8 Å². The number of carbonyl (C=O) groups excluding carboxylic acids is 1. The molecular weight excluding hydrogens is 300 g/mol. The molecule has 2 rings (SSSR count). The maximum Gasteiger partial charge on any atom is 0.220 e. The second-order valence-electron chi connectivity index (χ2n) is 3.78. The van der Waals surface area contributed by atoms with Crippen LogP contribution in [-0.2, 0) is 11.2 Å². The van der Waals surface area contributed by atoms with Crippen LogP contribution in [0.1, 0.15) is 12.2 Å². The fourth-order valence-corrected chi connectivity index (χ4v) is 1.89. The number of fused-ring (bicyclic) bond motifs is 1. The Balaban J connectivity index is 1.97. The van der Waals surface area contributed by atoms with E-state index >= 15 is 0 Å². The van der Waals surface area contributed by atoms with Crippen LogP contribution in [0.3, 0.4) is 0 Å². The van der Waals surface area contributed by atoms with Crippen LogP contribution >= 0.6 is 15.9 Å². The van der Waals surface area contributed by atoms with Crippen LogP contribution in [0.2, 0.25) is 0 Å². The van der Waals surface area contributed by atoms with Gasteiger partial charge in [0.1, 0.15) is 5.82 Å². The Bertz CT molecular complexity index is 555. The van der Waals surface area contributed by atoms with Gasteiger partial charge in [0.25, 0.3) is 0 Å². The second kappa shape index (κ2) is 5.92. The van der Waals surface area contributed by atoms with Crippen molar-refractivity contribution in [2.75, 3.05) is 13.2 Å². The fraction of sp³-hybridized carbons (Fsp3) is 0.364. The minimum absolute atomic E-state index is 0.0473. The zero-order valence-electron chi connectivity index (χ0n) is 9.61. The van der Waals surface area contributed by atoms with E-state index in [2.05, 4.69) is 36.2 Å². The molecule has 0 spiro atoms. The number of rotatable bonds is 5. The molecule has 0 unspecified atom stereocenters. The highest BCUT2D eigenvalue weighted by atomic mass is 79.9. The van der Waals surface area contributed by atoms with E-state index < -0.39 is 0 Å². The third-order valence-corrected chi connectivity index (χ3v) is 2.81. The van der Waals surface area contributed by atoms with E-state index in [0.29, 0.717) is 18.5 Å². The van der Waals surface area contributed by atoms with Crippen LogP contribution in [0.4, 0.5) is 0 Å². The number of pyridine rings is 1. The summed E-state index contributed by atoms with van der Waals surface area (Å²) in [5.74, 6) is 0.633. The lowest BCUT2D eigenvalue weighted by molar-refractivity contribution is -0.121. The van der Waals surface area contributed by atoms with Crippen molar-refractivity contribution in [3.05, 3.63) is 22.6 Å². The summed E-state index contributed by atoms with van der Waals surface area (Å²) in [6.07, 6.45) is 2.53. The van der Waals surface area contributed by atoms with Crippen LogP contribution in [0.5, 0.6) is 0 Å². The first-order valence-corrected chi connectivity index (χ1v) is 6.36. The summed E-state index contributed by atoms with van der Waals surface area (Å²) in [7, 11) is 0. The van der Waals surface area contributed by atoms with Crippen molar-refractivity contribution in [3.63, 3.8) is 0 Å². The van der Waals surface area contributed by atoms with Crippen LogP contribution in [0, 0.1) is 0 Å². The number of aromatic nitrogens is 3. The number of carbonyl (C=O) groups is 1. The third kappa shape index (κ3) is 3.27. The number of H-pyrrole nitrogens is 1. The van der Waals surface area contributed by atoms with E-state index in [1.54, 1.807) is 6.20 Å². The average molecular weight is 313 g/mol. The Hall–Kier alpha value is -1.47. The maximum absolute atomic E-state index is 11.4. The zero-order chi connectivity index (χ0) is 13.0. The molecule has 2 heterocycles. The number of aliphatic hydroxyl groups is 1. The van der Waals surface area contributed by atoms with Gasteiger partial charge >= 0.3 is 0 Å². The second-order valence-corrected chi connectivity index (χ2v) is 4.70. The number of nitrogens with one attached hydrogen (secondary N) is 2. The summed E-state index contributed by atoms with van der Waals surface area (Å²) < 4.78 is 0.880. The lowest BCUT2D eigenvalue weighted by atomic mass is 10.3. The maximum atomic E-state index is 11.4. The molecule has 6 nitrogen and oxygen atoms in total. The third-order valence-electron chi connectivity index (χ3n) is 2.38. The van der Waals surface area contributed by atoms with Gasteiger partial charge in [-0.1, -0.05) is 0 Å². The Morgan fingerprint density at radius 2 is 2.39 bits per heavy atom. The minimum atomic E-state index is -0.0985. The van der Waals surface area contributed by atoms with Crippen molar-refractivity contribution in [2.24, 2.45) is 0 Å². The molecule has 0 aromatic carbocycles. The van der Waals surface area contributed by atoms with Crippen LogP contribution in [0.15, 0.2) is 16.7 Å². The summed E-state index contributed by atoms with van der Waals surface area (Å²) in [6, 6.07) is 1.89. The van der Waals surface area contributed by atoms with Gasteiger partial charge in [0.15, 0.2) is 5.65 Å². The first-order valence-electron chi connectivity index (χ1n) is 5.57. The van der Waals surface area contributed by atoms with Crippen molar-refractivity contribution in [1.82, 2.24) is 20.3 Å². The summed E-state index contributed by atoms with van der Waals surface area (Å²) >= 11 is 3.33. The fourth-order valence-electron chi connectivity index (χ4n) is 1.56. The predicted molar refractivity (Wildman–Crippen MR) is 70.0 cm³/mol. The SMILES string of the molecule is O=C(CCc1nc2ncc(Br)cc2[nH]1)NCCO. The van der Waals surface area contributed by atoms with E-state index in [1.165, 1.54) is 0 Å². The van der Waals surface area contributed by atoms with Gasteiger partial charge in [-0.2, -0.15) is 0 Å². The number of aromatic amines is 1. The molecule has 2 aromatic heterocycles. The predicted octanol–water partition coefficient (Wildman–Crippen LogP) is 0.761. The standard InChI is InChI=1S/C11H13BrN4O2/c12-7-5-8-11(14-6-7)16-9(15-8)1-2-10(18)13-3-4-17/h5-6,17H,1-4H2,(H,13,18)(H,14,15,16). The number of nitrogens with zero attached hydrogens (tertiary/aromatic N) is 2. The van der Waals surface area contributed by atoms with Gasteiger partial charge in [0.05, 0.1) is 12.1 Å². The smallest absolute Gasteiger partial charge is 0.220 e. The van der Waals surface area contributed by atoms with Crippen LogP contribution < -0.4 is 5.32 Å². The molecule has 3 N–H and O–H groups in total. The van der Waals surface area contributed by atoms with Gasteiger partial charge in [-0.3, -0.25) is 4.79 Å². The van der Waals surface area contributed by atoms with Gasteiger partial charge in [-0.05, 0) is 22.0 Å². The lowest BCUT2D eigenvalue weighted by Crippen LogP contribution is -2.26. The molecule has 0 bridgehead atoms. The number of hydrogen-bond donors (Lipinski definition) is 3. The number of imidazole rings is 1. The highest BCUT2D eigenvalue weighted by Gasteiger charge is 2.07. The zero-order valence-corrected chi connectivity index (χ0v) is 11.2. The van der Waals surface area contributed by atoms with E-state index in [-0.39, 0.29) is 19.1 Å². The Morgan fingerprint density at radius 1 is 1.56 bits per heavy atom. The van der Waals surface area contributed by atoms with Crippen LogP contribution in [0.25, 0.3) is 11.2 Å². The first kappa shape index (κ1) is 13.0. The van der Waals surface area contributed by atoms with E-state index in [9.17, 15) is 4.79 Å². The van der Waals surface area contributed by atoms with Gasteiger partial charge in [0, 0.05) is 30.1 Å². The molecule has 0 aliphatic carbocycles. The molecule has 0 fully saturated rings. The number of amides is 1. The molecule has 1 amide bonds. The molecule has 0 atom stereocenters. The Labute approximate surface area is 112 Å². The Morgan fingerprint density at radius 3 is 3.17 bits per heavy atom. The summed E-state index contributed by atoms with van der Waals surface area (Å²) in [5.41, 5.74) is 1.49. The molecule has 2 aromatic rings. The highest BCUT2D eigenvalue weighted by molar-refractivity contribution is 9.10. The molecule has 0 saturated carbocycles. The van der Waals surface area contributed by atoms with Crippen molar-refractivity contribution in [2.45, 2.75) is 12.8 Å². The van der Waals surface area contributed by atoms with Crippen molar-refractivity contribution in [1.29, 1.82) is 0 Å². The molecule has 18 heavy (non-hydrogen) atoms. The quantitative estimate of drug-likeness (QED) is 0.760. The number of halogens is 1. The van der Waals surface area contributed by atoms with Crippen molar-refractivity contribution >= 4 is 33.0 Å². The molecule has 0 saturated heterocycles. The number of aliphatic hydroxyl groups excluding tert-OH is 1. The van der Waals surface area contributed by atoms with Crippen LogP contribution in [-0.4, -0.2) is 39.1 Å². The molecular formula is C11H13BrN4O2. The highest BCUT2D eigenvalue weighted by Crippen LogP contribution is 2.15. The monoisotopic (exact) mass is 312 g/mol. The summed E-state index contributed by atoms with van der Waals surface area (Å²) in [4.78, 5) is 22.9. The largest absolute Gasteiger partial charge is 0.395 e. The molecule has 7 heteroatoms. The number of hydrogen-bond acceptors (Lipinski definition) is 4. The van der Waals surface area contributed by atoms with E-state index in [4.69, 9.17) is 5.11 Å². The van der Waals surface area contributed by atoms with Crippen molar-refractivity contribution in [3.8, 4) is 0 Å². The number of aryl methyl sites for hydroxylation is 1. The van der Waals surface area contributed by atoms with Gasteiger partial charge in [-0.25, -0.2) is 9.97 Å². The van der Waals surface area contributed by atoms with Crippen molar-refractivity contribution < 1.29 is 9.90 Å². The normalized spacial score (nSPS) is 10.8. The minimum Gasteiger partial charge on any atom is -0.395 e. The summed E-state index contributed by atoms with van der Waals surface area (Å²) in [5, 5.41) is 11.2. The first-order chi connectivity index (χ1) is 8.69. The van der Waals surface area contributed by atoms with E-state index in [1.807, 2.05) is 6.07 Å². The summed E-state index contributed by atoms with van der Waals surface area (Å²) in [6.45, 7) is 0.238. The lowest BCUT2D eigenvalue weighted by Gasteiger charge is -2.00. The molecule has 0 aliphatic rings. The van der Waals surface area contributed by atoms with Gasteiger partial charge in [0.2, 0.25) is 5.91 Å².